The minimum absolute atomic E-state index is 0.0179. The summed E-state index contributed by atoms with van der Waals surface area (Å²) in [5.74, 6) is -1.52. The molecule has 0 bridgehead atoms. The van der Waals surface area contributed by atoms with Crippen molar-refractivity contribution >= 4 is 17.7 Å². The number of hydrogen-bond acceptors (Lipinski definition) is 5. The minimum atomic E-state index is -0.587. The molecular weight excluding hydrogens is 260 g/mol. The van der Waals surface area contributed by atoms with Gasteiger partial charge in [0.1, 0.15) is 0 Å². The third kappa shape index (κ3) is 4.50. The van der Waals surface area contributed by atoms with E-state index in [2.05, 4.69) is 4.74 Å². The molecule has 0 aromatic heterocycles. The summed E-state index contributed by atoms with van der Waals surface area (Å²) in [6.45, 7) is 1.49. The number of carbonyl (C=O) groups excluding carboxylic acids is 3. The Morgan fingerprint density at radius 1 is 1.05 bits per heavy atom. The van der Waals surface area contributed by atoms with Crippen molar-refractivity contribution in [2.24, 2.45) is 5.92 Å². The maximum Gasteiger partial charge on any atom is 0.309 e. The smallest absolute Gasteiger partial charge is 0.309 e. The highest BCUT2D eigenvalue weighted by atomic mass is 16.5. The zero-order valence-electron chi connectivity index (χ0n) is 11.8. The second kappa shape index (κ2) is 7.43. The maximum absolute atomic E-state index is 11.7. The van der Waals surface area contributed by atoms with Crippen molar-refractivity contribution in [1.82, 2.24) is 0 Å². The van der Waals surface area contributed by atoms with Crippen LogP contribution in [0.5, 0.6) is 0 Å². The van der Waals surface area contributed by atoms with Crippen molar-refractivity contribution in [3.8, 4) is 0 Å². The van der Waals surface area contributed by atoms with E-state index < -0.39 is 17.9 Å². The van der Waals surface area contributed by atoms with Crippen LogP contribution in [0.2, 0.25) is 0 Å². The van der Waals surface area contributed by atoms with E-state index in [-0.39, 0.29) is 12.2 Å². The van der Waals surface area contributed by atoms with Gasteiger partial charge in [0.25, 0.3) is 0 Å². The second-order valence-electron chi connectivity index (χ2n) is 4.46. The summed E-state index contributed by atoms with van der Waals surface area (Å²) in [5, 5.41) is 0. The van der Waals surface area contributed by atoms with Crippen LogP contribution in [0.15, 0.2) is 24.3 Å². The van der Waals surface area contributed by atoms with Crippen molar-refractivity contribution in [2.45, 2.75) is 19.8 Å². The molecule has 5 nitrogen and oxygen atoms in total. The number of ether oxygens (including phenoxy) is 2. The van der Waals surface area contributed by atoms with Crippen LogP contribution in [0.1, 0.15) is 29.3 Å². The first-order valence-electron chi connectivity index (χ1n) is 6.22. The van der Waals surface area contributed by atoms with Gasteiger partial charge in [-0.15, -0.1) is 0 Å². The standard InChI is InChI=1S/C15H18O5/c1-10(16)12-6-4-11(5-7-12)8-13(15(18)20-3)9-14(17)19-2/h4-7,13H,8-9H2,1-3H3. The lowest BCUT2D eigenvalue weighted by Crippen LogP contribution is -2.22. The fourth-order valence-corrected chi connectivity index (χ4v) is 1.85. The Morgan fingerprint density at radius 3 is 2.10 bits per heavy atom. The normalized spacial score (nSPS) is 11.6. The molecule has 0 N–H and O–H groups in total. The number of rotatable bonds is 6. The molecule has 1 aromatic rings. The van der Waals surface area contributed by atoms with Gasteiger partial charge < -0.3 is 9.47 Å². The number of methoxy groups -OCH3 is 2. The fraction of sp³-hybridized carbons (Fsp3) is 0.400. The fourth-order valence-electron chi connectivity index (χ4n) is 1.85. The summed E-state index contributed by atoms with van der Waals surface area (Å²) < 4.78 is 9.26. The maximum atomic E-state index is 11.7. The summed E-state index contributed by atoms with van der Waals surface area (Å²) in [5.41, 5.74) is 1.46. The van der Waals surface area contributed by atoms with E-state index in [1.807, 2.05) is 0 Å². The third-order valence-electron chi connectivity index (χ3n) is 3.02. The average Bonchev–Trinajstić information content (AvgIpc) is 2.46. The molecule has 0 saturated carbocycles. The molecule has 0 aliphatic carbocycles. The van der Waals surface area contributed by atoms with Crippen molar-refractivity contribution < 1.29 is 23.9 Å². The molecule has 20 heavy (non-hydrogen) atoms. The highest BCUT2D eigenvalue weighted by molar-refractivity contribution is 5.94. The van der Waals surface area contributed by atoms with Gasteiger partial charge in [0.05, 0.1) is 26.6 Å². The van der Waals surface area contributed by atoms with Crippen LogP contribution in [0.3, 0.4) is 0 Å². The van der Waals surface area contributed by atoms with Crippen molar-refractivity contribution in [1.29, 1.82) is 0 Å². The Kier molecular flexibility index (Phi) is 5.90. The number of Topliss-reactive ketones (excluding diaryl/α,β-unsaturated/α-hetero) is 1. The van der Waals surface area contributed by atoms with E-state index in [9.17, 15) is 14.4 Å². The number of hydrogen-bond donors (Lipinski definition) is 0. The van der Waals surface area contributed by atoms with E-state index in [1.54, 1.807) is 24.3 Å². The van der Waals surface area contributed by atoms with Crippen LogP contribution in [0, 0.1) is 5.92 Å². The van der Waals surface area contributed by atoms with Gasteiger partial charge >= 0.3 is 11.9 Å². The molecule has 0 aliphatic rings. The first kappa shape index (κ1) is 15.9. The Labute approximate surface area is 117 Å². The van der Waals surface area contributed by atoms with E-state index in [0.717, 1.165) is 5.56 Å². The third-order valence-corrected chi connectivity index (χ3v) is 3.02. The summed E-state index contributed by atoms with van der Waals surface area (Å²) in [4.78, 5) is 34.1. The van der Waals surface area contributed by atoms with E-state index in [1.165, 1.54) is 21.1 Å². The number of ketones is 1. The van der Waals surface area contributed by atoms with Crippen LogP contribution >= 0.6 is 0 Å². The summed E-state index contributed by atoms with van der Waals surface area (Å²) in [6, 6.07) is 6.93. The van der Waals surface area contributed by atoms with Crippen LogP contribution in [0.4, 0.5) is 0 Å². The molecule has 0 saturated heterocycles. The lowest BCUT2D eigenvalue weighted by molar-refractivity contribution is -0.151. The molecule has 0 radical (unpaired) electrons. The molecule has 1 aromatic carbocycles. The van der Waals surface area contributed by atoms with Gasteiger partial charge in [-0.05, 0) is 18.9 Å². The van der Waals surface area contributed by atoms with Crippen LogP contribution in [-0.4, -0.2) is 31.9 Å². The molecule has 108 valence electrons. The first-order chi connectivity index (χ1) is 9.47. The highest BCUT2D eigenvalue weighted by Crippen LogP contribution is 2.16. The lowest BCUT2D eigenvalue weighted by Gasteiger charge is -2.13. The van der Waals surface area contributed by atoms with Crippen molar-refractivity contribution in [3.63, 3.8) is 0 Å². The SMILES string of the molecule is COC(=O)CC(Cc1ccc(C(C)=O)cc1)C(=O)OC. The highest BCUT2D eigenvalue weighted by Gasteiger charge is 2.23. The van der Waals surface area contributed by atoms with Crippen molar-refractivity contribution in [3.05, 3.63) is 35.4 Å². The van der Waals surface area contributed by atoms with Gasteiger partial charge in [0.15, 0.2) is 5.78 Å². The molecule has 0 amide bonds. The lowest BCUT2D eigenvalue weighted by atomic mass is 9.95. The topological polar surface area (TPSA) is 69.7 Å². The van der Waals surface area contributed by atoms with Gasteiger partial charge in [0, 0.05) is 5.56 Å². The average molecular weight is 278 g/mol. The van der Waals surface area contributed by atoms with Crippen LogP contribution in [-0.2, 0) is 25.5 Å². The predicted octanol–water partition coefficient (Wildman–Crippen LogP) is 1.78. The van der Waals surface area contributed by atoms with Gasteiger partial charge in [0.2, 0.25) is 0 Å². The summed E-state index contributed by atoms with van der Waals surface area (Å²) in [6.07, 6.45) is 0.331. The number of benzene rings is 1. The Bertz CT molecular complexity index is 489. The summed E-state index contributed by atoms with van der Waals surface area (Å²) >= 11 is 0. The molecule has 0 heterocycles. The minimum Gasteiger partial charge on any atom is -0.469 e. The quantitative estimate of drug-likeness (QED) is 0.586. The Hall–Kier alpha value is -2.17. The predicted molar refractivity (Wildman–Crippen MR) is 72.3 cm³/mol. The van der Waals surface area contributed by atoms with Gasteiger partial charge in [-0.1, -0.05) is 24.3 Å². The zero-order valence-corrected chi connectivity index (χ0v) is 11.8. The van der Waals surface area contributed by atoms with E-state index in [0.29, 0.717) is 12.0 Å². The zero-order chi connectivity index (χ0) is 15.1. The monoisotopic (exact) mass is 278 g/mol. The molecule has 0 fully saturated rings. The van der Waals surface area contributed by atoms with Crippen LogP contribution in [0.25, 0.3) is 0 Å². The van der Waals surface area contributed by atoms with Gasteiger partial charge in [-0.25, -0.2) is 0 Å². The van der Waals surface area contributed by atoms with E-state index >= 15 is 0 Å². The summed E-state index contributed by atoms with van der Waals surface area (Å²) in [7, 11) is 2.56. The van der Waals surface area contributed by atoms with E-state index in [4.69, 9.17) is 4.74 Å². The largest absolute Gasteiger partial charge is 0.469 e. The Morgan fingerprint density at radius 2 is 1.65 bits per heavy atom. The molecule has 1 atom stereocenters. The second-order valence-corrected chi connectivity index (χ2v) is 4.46. The number of esters is 2. The molecule has 1 rings (SSSR count). The molecule has 5 heteroatoms. The molecule has 0 spiro atoms. The Balaban J connectivity index is 2.80. The first-order valence-corrected chi connectivity index (χ1v) is 6.22. The molecular formula is C15H18O5. The van der Waals surface area contributed by atoms with Gasteiger partial charge in [-0.3, -0.25) is 14.4 Å². The van der Waals surface area contributed by atoms with Gasteiger partial charge in [-0.2, -0.15) is 0 Å². The van der Waals surface area contributed by atoms with Crippen LogP contribution < -0.4 is 0 Å². The molecule has 0 aliphatic heterocycles. The number of carbonyl (C=O) groups is 3. The van der Waals surface area contributed by atoms with Crippen molar-refractivity contribution in [2.75, 3.05) is 14.2 Å². The molecule has 1 unspecified atom stereocenters.